The van der Waals surface area contributed by atoms with Crippen LogP contribution in [0.1, 0.15) is 58.9 Å². The van der Waals surface area contributed by atoms with Gasteiger partial charge in [0.1, 0.15) is 24.4 Å². The van der Waals surface area contributed by atoms with Crippen LogP contribution in [0.2, 0.25) is 5.02 Å². The van der Waals surface area contributed by atoms with Gasteiger partial charge in [0.15, 0.2) is 17.9 Å². The molecule has 3 heterocycles. The Morgan fingerprint density at radius 1 is 0.933 bits per heavy atom. The molecule has 0 aromatic heterocycles. The van der Waals surface area contributed by atoms with E-state index in [-0.39, 0.29) is 24.4 Å². The highest BCUT2D eigenvalue weighted by atomic mass is 35.5. The molecule has 0 radical (unpaired) electrons. The first-order valence-electron chi connectivity index (χ1n) is 11.2. The van der Waals surface area contributed by atoms with E-state index in [4.69, 9.17) is 40.0 Å². The summed E-state index contributed by atoms with van der Waals surface area (Å²) in [6.45, 7) is 9.10. The maximum Gasteiger partial charge on any atom is 0.190 e. The Hall–Kier alpha value is -0.730. The van der Waals surface area contributed by atoms with E-state index >= 15 is 0 Å². The Morgan fingerprint density at radius 2 is 1.63 bits per heavy atom. The molecule has 30 heavy (non-hydrogen) atoms. The number of hydrogen-bond donors (Lipinski definition) is 0. The molecule has 5 atom stereocenters. The third-order valence-electron chi connectivity index (χ3n) is 6.68. The van der Waals surface area contributed by atoms with Crippen LogP contribution >= 0.6 is 11.6 Å². The Bertz CT molecular complexity index is 719. The zero-order chi connectivity index (χ0) is 21.4. The van der Waals surface area contributed by atoms with Crippen molar-refractivity contribution in [1.29, 1.82) is 0 Å². The first kappa shape index (κ1) is 22.5. The molecule has 0 saturated carbocycles. The summed E-state index contributed by atoms with van der Waals surface area (Å²) in [5.74, 6) is -1.19. The minimum Gasteiger partial charge on any atom is -0.368 e. The van der Waals surface area contributed by atoms with Crippen LogP contribution in [-0.2, 0) is 35.0 Å². The summed E-state index contributed by atoms with van der Waals surface area (Å²) in [5, 5.41) is 0.681. The largest absolute Gasteiger partial charge is 0.368 e. The predicted octanol–water partition coefficient (Wildman–Crippen LogP) is 4.81. The quantitative estimate of drug-likeness (QED) is 0.578. The second-order valence-corrected chi connectivity index (χ2v) is 8.65. The summed E-state index contributed by atoms with van der Waals surface area (Å²) in [4.78, 5) is 0. The molecular weight excluding hydrogens is 408 g/mol. The molecule has 0 bridgehead atoms. The Morgan fingerprint density at radius 3 is 2.27 bits per heavy atom. The fourth-order valence-electron chi connectivity index (χ4n) is 4.59. The van der Waals surface area contributed by atoms with Crippen molar-refractivity contribution in [1.82, 2.24) is 0 Å². The van der Waals surface area contributed by atoms with E-state index in [9.17, 15) is 0 Å². The molecule has 3 saturated heterocycles. The molecule has 0 unspecified atom stereocenters. The van der Waals surface area contributed by atoms with Crippen LogP contribution in [0.15, 0.2) is 24.3 Å². The fourth-order valence-corrected chi connectivity index (χ4v) is 4.78. The second-order valence-electron chi connectivity index (χ2n) is 8.24. The summed E-state index contributed by atoms with van der Waals surface area (Å²) in [5.41, 5.74) is 0.928. The van der Waals surface area contributed by atoms with Crippen LogP contribution < -0.4 is 0 Å². The van der Waals surface area contributed by atoms with Crippen molar-refractivity contribution < 1.29 is 28.4 Å². The highest BCUT2D eigenvalue weighted by Gasteiger charge is 2.60. The van der Waals surface area contributed by atoms with Gasteiger partial charge in [-0.05, 0) is 37.3 Å². The average molecular weight is 441 g/mol. The van der Waals surface area contributed by atoms with Gasteiger partial charge < -0.3 is 28.4 Å². The fraction of sp³-hybridized carbons (Fsp3) is 0.739. The van der Waals surface area contributed by atoms with Crippen LogP contribution in [0.3, 0.4) is 0 Å². The van der Waals surface area contributed by atoms with Crippen molar-refractivity contribution in [3.05, 3.63) is 34.9 Å². The number of fused-ring (bicyclic) bond motifs is 1. The van der Waals surface area contributed by atoms with Gasteiger partial charge in [0.25, 0.3) is 0 Å². The lowest BCUT2D eigenvalue weighted by atomic mass is 10.1. The number of ether oxygens (including phenoxy) is 6. The van der Waals surface area contributed by atoms with Crippen LogP contribution in [-0.4, -0.2) is 48.9 Å². The average Bonchev–Trinajstić information content (AvgIpc) is 3.45. The molecule has 3 aliphatic heterocycles. The minimum absolute atomic E-state index is 0.239. The van der Waals surface area contributed by atoms with Crippen molar-refractivity contribution in [2.75, 3.05) is 6.61 Å². The molecule has 3 aliphatic rings. The molecule has 0 aliphatic carbocycles. The van der Waals surface area contributed by atoms with E-state index in [1.54, 1.807) is 0 Å². The molecule has 4 rings (SSSR count). The van der Waals surface area contributed by atoms with Crippen LogP contribution in [0, 0.1) is 0 Å². The third kappa shape index (κ3) is 4.04. The highest BCUT2D eigenvalue weighted by Crippen LogP contribution is 2.45. The lowest BCUT2D eigenvalue weighted by molar-refractivity contribution is -0.254. The Labute approximate surface area is 184 Å². The molecule has 7 heteroatoms. The van der Waals surface area contributed by atoms with E-state index in [0.29, 0.717) is 18.2 Å². The van der Waals surface area contributed by atoms with E-state index in [1.807, 2.05) is 24.3 Å². The van der Waals surface area contributed by atoms with Crippen molar-refractivity contribution in [2.45, 2.75) is 102 Å². The maximum absolute atomic E-state index is 6.40. The van der Waals surface area contributed by atoms with Gasteiger partial charge in [0.2, 0.25) is 0 Å². The highest BCUT2D eigenvalue weighted by molar-refractivity contribution is 6.31. The molecular formula is C23H33ClO6. The molecule has 1 aromatic rings. The van der Waals surface area contributed by atoms with Crippen molar-refractivity contribution >= 4 is 11.6 Å². The lowest BCUT2D eigenvalue weighted by Gasteiger charge is -2.32. The molecule has 168 valence electrons. The van der Waals surface area contributed by atoms with Crippen LogP contribution in [0.4, 0.5) is 0 Å². The lowest BCUT2D eigenvalue weighted by Crippen LogP contribution is -2.45. The van der Waals surface area contributed by atoms with E-state index < -0.39 is 17.9 Å². The minimum atomic E-state index is -0.629. The van der Waals surface area contributed by atoms with Gasteiger partial charge in [0, 0.05) is 5.02 Å². The summed E-state index contributed by atoms with van der Waals surface area (Å²) in [6, 6.07) is 7.69. The van der Waals surface area contributed by atoms with Gasteiger partial charge in [-0.15, -0.1) is 0 Å². The van der Waals surface area contributed by atoms with E-state index in [0.717, 1.165) is 31.2 Å². The normalized spacial score (nSPS) is 34.4. The zero-order valence-electron chi connectivity index (χ0n) is 18.3. The van der Waals surface area contributed by atoms with E-state index in [2.05, 4.69) is 27.7 Å². The zero-order valence-corrected chi connectivity index (χ0v) is 19.0. The molecule has 0 N–H and O–H groups in total. The Balaban J connectivity index is 1.53. The summed E-state index contributed by atoms with van der Waals surface area (Å²) in [7, 11) is 0. The van der Waals surface area contributed by atoms with E-state index in [1.165, 1.54) is 0 Å². The van der Waals surface area contributed by atoms with Crippen molar-refractivity contribution in [3.8, 4) is 0 Å². The molecule has 6 nitrogen and oxygen atoms in total. The van der Waals surface area contributed by atoms with Crippen LogP contribution in [0.5, 0.6) is 0 Å². The van der Waals surface area contributed by atoms with Gasteiger partial charge in [-0.1, -0.05) is 57.5 Å². The topological polar surface area (TPSA) is 55.4 Å². The molecule has 3 fully saturated rings. The maximum atomic E-state index is 6.40. The van der Waals surface area contributed by atoms with Crippen molar-refractivity contribution in [3.63, 3.8) is 0 Å². The smallest absolute Gasteiger partial charge is 0.190 e. The van der Waals surface area contributed by atoms with Crippen molar-refractivity contribution in [2.24, 2.45) is 0 Å². The van der Waals surface area contributed by atoms with Gasteiger partial charge in [0.05, 0.1) is 13.2 Å². The number of hydrogen-bond acceptors (Lipinski definition) is 6. The molecule has 0 spiro atoms. The van der Waals surface area contributed by atoms with Gasteiger partial charge >= 0.3 is 0 Å². The first-order chi connectivity index (χ1) is 14.5. The third-order valence-corrected chi connectivity index (χ3v) is 7.04. The molecule has 0 amide bonds. The summed E-state index contributed by atoms with van der Waals surface area (Å²) >= 11 is 6.34. The number of benzene rings is 1. The SMILES string of the molecule is CCC1(CC)O[C@H]2O[C@H]([C@H]3COC(CC)(CC)O3)[C@H](OCc3ccccc3Cl)[C@H]2O1. The molecule has 1 aromatic carbocycles. The standard InChI is InChI=1S/C23H33ClO6/c1-5-22(6-2)26-14-17(28-22)18-19(25-13-15-11-9-10-12-16(15)24)20-21(27-18)30-23(7-3,8-4)29-20/h9-12,17-21H,5-8,13-14H2,1-4H3/t17-,18-,19+,20-,21-/m1/s1. The van der Waals surface area contributed by atoms with Gasteiger partial charge in [-0.2, -0.15) is 0 Å². The first-order valence-corrected chi connectivity index (χ1v) is 11.5. The monoisotopic (exact) mass is 440 g/mol. The predicted molar refractivity (Wildman–Crippen MR) is 112 cm³/mol. The summed E-state index contributed by atoms with van der Waals surface area (Å²) < 4.78 is 37.7. The number of rotatable bonds is 8. The Kier molecular flexibility index (Phi) is 6.76. The van der Waals surface area contributed by atoms with Gasteiger partial charge in [-0.3, -0.25) is 0 Å². The second kappa shape index (κ2) is 9.02. The summed E-state index contributed by atoms with van der Waals surface area (Å²) in [6.07, 6.45) is 1.35. The van der Waals surface area contributed by atoms with Crippen LogP contribution in [0.25, 0.3) is 0 Å². The van der Waals surface area contributed by atoms with Gasteiger partial charge in [-0.25, -0.2) is 0 Å². The number of halogens is 1.